The van der Waals surface area contributed by atoms with Gasteiger partial charge in [-0.25, -0.2) is 0 Å². The quantitative estimate of drug-likeness (QED) is 0.114. The summed E-state index contributed by atoms with van der Waals surface area (Å²) in [5.74, 6) is 3.55. The summed E-state index contributed by atoms with van der Waals surface area (Å²) in [5, 5.41) is 19.8. The summed E-state index contributed by atoms with van der Waals surface area (Å²) in [7, 11) is 0. The maximum atomic E-state index is 4.54. The van der Waals surface area contributed by atoms with E-state index < -0.39 is 0 Å². The first kappa shape index (κ1) is 26.0. The summed E-state index contributed by atoms with van der Waals surface area (Å²) in [5.41, 5.74) is 4.65. The molecule has 0 unspecified atom stereocenters. The molecule has 2 aromatic carbocycles. The minimum absolute atomic E-state index is 0.796. The van der Waals surface area contributed by atoms with Crippen LogP contribution in [-0.4, -0.2) is 41.0 Å². The highest BCUT2D eigenvalue weighted by Gasteiger charge is 2.16. The van der Waals surface area contributed by atoms with Gasteiger partial charge in [0.25, 0.3) is 0 Å². The summed E-state index contributed by atoms with van der Waals surface area (Å²) >= 11 is 3.31. The fourth-order valence-corrected chi connectivity index (χ4v) is 5.26. The highest BCUT2D eigenvalue weighted by Crippen LogP contribution is 2.25. The summed E-state index contributed by atoms with van der Waals surface area (Å²) in [6, 6.07) is 17.0. The summed E-state index contributed by atoms with van der Waals surface area (Å²) in [6.07, 6.45) is 7.42. The fourth-order valence-electron chi connectivity index (χ4n) is 3.85. The van der Waals surface area contributed by atoms with Crippen molar-refractivity contribution in [2.45, 2.75) is 49.8 Å². The van der Waals surface area contributed by atoms with Gasteiger partial charge in [-0.15, -0.1) is 33.6 Å². The molecule has 0 spiro atoms. The van der Waals surface area contributed by atoms with Crippen LogP contribution in [0.1, 0.15) is 35.6 Å². The third-order valence-corrected chi connectivity index (χ3v) is 7.55. The summed E-state index contributed by atoms with van der Waals surface area (Å²) in [6.45, 7) is 11.9. The molecule has 4 aromatic rings. The maximum Gasteiger partial charge on any atom is 0.196 e. The number of hydrogen-bond acceptors (Lipinski definition) is 6. The van der Waals surface area contributed by atoms with Gasteiger partial charge in [0.2, 0.25) is 0 Å². The smallest absolute Gasteiger partial charge is 0.196 e. The SMILES string of the molecule is C=CCSc1nnc(CCCCc2nnc(SCC=C)n2-c2ccc(C)cc2)n1-c1ccc(C)cc1. The van der Waals surface area contributed by atoms with Crippen LogP contribution in [0.4, 0.5) is 0 Å². The zero-order chi connectivity index (χ0) is 25.3. The first-order valence-corrected chi connectivity index (χ1v) is 14.1. The van der Waals surface area contributed by atoms with Crippen LogP contribution >= 0.6 is 23.5 Å². The maximum absolute atomic E-state index is 4.54. The van der Waals surface area contributed by atoms with Gasteiger partial charge in [0.1, 0.15) is 11.6 Å². The molecule has 0 saturated carbocycles. The first-order valence-electron chi connectivity index (χ1n) is 12.1. The number of unbranched alkanes of at least 4 members (excludes halogenated alkanes) is 1. The number of nitrogens with zero attached hydrogens (tertiary/aromatic N) is 6. The van der Waals surface area contributed by atoms with E-state index in [1.165, 1.54) is 11.1 Å². The monoisotopic (exact) mass is 516 g/mol. The highest BCUT2D eigenvalue weighted by molar-refractivity contribution is 7.99. The third kappa shape index (κ3) is 6.36. The molecule has 0 saturated heterocycles. The van der Waals surface area contributed by atoms with Crippen LogP contribution in [0.25, 0.3) is 11.4 Å². The van der Waals surface area contributed by atoms with Gasteiger partial charge in [0.15, 0.2) is 10.3 Å². The molecule has 0 fully saturated rings. The Morgan fingerprint density at radius 1 is 0.639 bits per heavy atom. The average Bonchev–Trinajstić information content (AvgIpc) is 3.49. The van der Waals surface area contributed by atoms with Crippen molar-refractivity contribution in [2.75, 3.05) is 11.5 Å². The second-order valence-corrected chi connectivity index (χ2v) is 10.5. The molecule has 36 heavy (non-hydrogen) atoms. The van der Waals surface area contributed by atoms with Crippen LogP contribution in [0.5, 0.6) is 0 Å². The highest BCUT2D eigenvalue weighted by atomic mass is 32.2. The predicted octanol–water partition coefficient (Wildman–Crippen LogP) is 6.59. The largest absolute Gasteiger partial charge is 0.274 e. The molecule has 2 aromatic heterocycles. The molecule has 0 atom stereocenters. The van der Waals surface area contributed by atoms with Gasteiger partial charge < -0.3 is 0 Å². The van der Waals surface area contributed by atoms with Crippen molar-refractivity contribution in [1.82, 2.24) is 29.5 Å². The Labute approximate surface area is 222 Å². The Morgan fingerprint density at radius 2 is 1.03 bits per heavy atom. The minimum atomic E-state index is 0.796. The normalized spacial score (nSPS) is 11.1. The van der Waals surface area contributed by atoms with Crippen molar-refractivity contribution in [3.05, 3.63) is 96.6 Å². The van der Waals surface area contributed by atoms with Gasteiger partial charge >= 0.3 is 0 Å². The van der Waals surface area contributed by atoms with Gasteiger partial charge in [-0.05, 0) is 51.0 Å². The van der Waals surface area contributed by atoms with Crippen molar-refractivity contribution in [2.24, 2.45) is 0 Å². The average molecular weight is 517 g/mol. The minimum Gasteiger partial charge on any atom is -0.274 e. The molecule has 0 radical (unpaired) electrons. The zero-order valence-electron chi connectivity index (χ0n) is 20.9. The molecule has 186 valence electrons. The predicted molar refractivity (Wildman–Crippen MR) is 151 cm³/mol. The lowest BCUT2D eigenvalue weighted by molar-refractivity contribution is 0.664. The van der Waals surface area contributed by atoms with Gasteiger partial charge in [-0.2, -0.15) is 0 Å². The van der Waals surface area contributed by atoms with Crippen LogP contribution in [0, 0.1) is 13.8 Å². The number of aryl methyl sites for hydroxylation is 4. The van der Waals surface area contributed by atoms with Crippen molar-refractivity contribution < 1.29 is 0 Å². The van der Waals surface area contributed by atoms with Crippen molar-refractivity contribution in [3.63, 3.8) is 0 Å². The second-order valence-electron chi connectivity index (χ2n) is 8.55. The van der Waals surface area contributed by atoms with E-state index in [1.807, 2.05) is 12.2 Å². The molecule has 8 heteroatoms. The van der Waals surface area contributed by atoms with E-state index in [4.69, 9.17) is 0 Å². The van der Waals surface area contributed by atoms with E-state index in [-0.39, 0.29) is 0 Å². The Hall–Kier alpha value is -3.10. The number of benzene rings is 2. The van der Waals surface area contributed by atoms with Gasteiger partial charge in [-0.1, -0.05) is 71.1 Å². The van der Waals surface area contributed by atoms with Crippen molar-refractivity contribution in [3.8, 4) is 11.4 Å². The molecular weight excluding hydrogens is 484 g/mol. The zero-order valence-corrected chi connectivity index (χ0v) is 22.6. The molecule has 0 aliphatic carbocycles. The van der Waals surface area contributed by atoms with Crippen LogP contribution < -0.4 is 0 Å². The molecule has 0 N–H and O–H groups in total. The number of hydrogen-bond donors (Lipinski definition) is 0. The van der Waals surface area contributed by atoms with Gasteiger partial charge in [0, 0.05) is 35.7 Å². The second kappa shape index (κ2) is 12.7. The molecule has 0 bridgehead atoms. The third-order valence-electron chi connectivity index (χ3n) is 5.70. The lowest BCUT2D eigenvalue weighted by Crippen LogP contribution is -2.05. The van der Waals surface area contributed by atoms with Crippen LogP contribution in [0.3, 0.4) is 0 Å². The Morgan fingerprint density at radius 3 is 1.39 bits per heavy atom. The van der Waals surface area contributed by atoms with Gasteiger partial charge in [-0.3, -0.25) is 9.13 Å². The molecule has 0 aliphatic heterocycles. The molecule has 0 aliphatic rings. The lowest BCUT2D eigenvalue weighted by Gasteiger charge is -2.11. The number of thioether (sulfide) groups is 2. The molecule has 2 heterocycles. The molecule has 4 rings (SSSR count). The Kier molecular flexibility index (Phi) is 9.19. The summed E-state index contributed by atoms with van der Waals surface area (Å²) in [4.78, 5) is 0. The van der Waals surface area contributed by atoms with Gasteiger partial charge in [0.05, 0.1) is 0 Å². The van der Waals surface area contributed by atoms with Crippen LogP contribution in [0.15, 0.2) is 84.2 Å². The Bertz CT molecular complexity index is 1190. The summed E-state index contributed by atoms with van der Waals surface area (Å²) < 4.78 is 4.35. The van der Waals surface area contributed by atoms with Crippen LogP contribution in [-0.2, 0) is 12.8 Å². The topological polar surface area (TPSA) is 61.4 Å². The van der Waals surface area contributed by atoms with E-state index in [0.29, 0.717) is 0 Å². The molecular formula is C28H32N6S2. The number of aromatic nitrogens is 6. The Balaban J connectivity index is 1.48. The van der Waals surface area contributed by atoms with E-state index in [9.17, 15) is 0 Å². The first-order chi connectivity index (χ1) is 17.6. The van der Waals surface area contributed by atoms with Crippen LogP contribution in [0.2, 0.25) is 0 Å². The molecule has 6 nitrogen and oxygen atoms in total. The van der Waals surface area contributed by atoms with E-state index in [2.05, 4.69) is 105 Å². The van der Waals surface area contributed by atoms with Crippen molar-refractivity contribution in [1.29, 1.82) is 0 Å². The van der Waals surface area contributed by atoms with E-state index >= 15 is 0 Å². The lowest BCUT2D eigenvalue weighted by atomic mass is 10.1. The fraction of sp³-hybridized carbons (Fsp3) is 0.286. The van der Waals surface area contributed by atoms with E-state index in [1.54, 1.807) is 23.5 Å². The standard InChI is InChI=1S/C28H32N6S2/c1-5-19-35-27-31-29-25(33(27)23-15-11-21(3)12-16-23)9-7-8-10-26-30-32-28(36-20-6-2)34(26)24-17-13-22(4)14-18-24/h5-6,11-18H,1-2,7-10,19-20H2,3-4H3. The van der Waals surface area contributed by atoms with E-state index in [0.717, 1.165) is 70.5 Å². The molecule has 0 amide bonds. The number of rotatable bonds is 13. The van der Waals surface area contributed by atoms with Crippen molar-refractivity contribution >= 4 is 23.5 Å².